The molecule has 0 fully saturated rings. The van der Waals surface area contributed by atoms with E-state index in [2.05, 4.69) is 10.3 Å². The van der Waals surface area contributed by atoms with E-state index >= 15 is 0 Å². The van der Waals surface area contributed by atoms with Crippen molar-refractivity contribution in [3.63, 3.8) is 0 Å². The summed E-state index contributed by atoms with van der Waals surface area (Å²) in [6, 6.07) is 4.47. The van der Waals surface area contributed by atoms with Crippen molar-refractivity contribution in [1.29, 1.82) is 0 Å². The fraction of sp³-hybridized carbons (Fsp3) is 0.0833. The molecule has 1 amide bonds. The summed E-state index contributed by atoms with van der Waals surface area (Å²) in [5.41, 5.74) is 7.08. The van der Waals surface area contributed by atoms with Gasteiger partial charge in [-0.15, -0.1) is 11.3 Å². The Morgan fingerprint density at radius 3 is 2.68 bits per heavy atom. The summed E-state index contributed by atoms with van der Waals surface area (Å²) in [6.45, 7) is 1.72. The number of benzene rings is 1. The van der Waals surface area contributed by atoms with Gasteiger partial charge in [0.15, 0.2) is 5.13 Å². The van der Waals surface area contributed by atoms with Gasteiger partial charge in [0.1, 0.15) is 5.69 Å². The fourth-order valence-corrected chi connectivity index (χ4v) is 2.06. The Morgan fingerprint density at radius 1 is 1.42 bits per heavy atom. The van der Waals surface area contributed by atoms with Crippen LogP contribution in [0, 0.1) is 6.92 Å². The summed E-state index contributed by atoms with van der Waals surface area (Å²) in [5, 5.41) is 13.4. The molecule has 0 aliphatic heterocycles. The van der Waals surface area contributed by atoms with Crippen LogP contribution in [-0.4, -0.2) is 22.0 Å². The van der Waals surface area contributed by atoms with Crippen molar-refractivity contribution in [3.8, 4) is 0 Å². The molecule has 2 rings (SSSR count). The molecule has 0 radical (unpaired) electrons. The number of amides is 1. The number of anilines is 2. The Kier molecular flexibility index (Phi) is 3.48. The minimum absolute atomic E-state index is 0.174. The molecule has 0 bridgehead atoms. The van der Waals surface area contributed by atoms with Gasteiger partial charge in [-0.3, -0.25) is 4.79 Å². The average Bonchev–Trinajstić information content (AvgIpc) is 2.78. The third-order valence-corrected chi connectivity index (χ3v) is 3.15. The van der Waals surface area contributed by atoms with Crippen LogP contribution < -0.4 is 11.1 Å². The van der Waals surface area contributed by atoms with Crippen LogP contribution in [0.3, 0.4) is 0 Å². The molecule has 1 aromatic carbocycles. The maximum Gasteiger partial charge on any atom is 0.335 e. The van der Waals surface area contributed by atoms with E-state index in [1.165, 1.54) is 23.5 Å². The zero-order valence-corrected chi connectivity index (χ0v) is 10.8. The number of hydrogen-bond donors (Lipinski definition) is 3. The zero-order chi connectivity index (χ0) is 14.0. The summed E-state index contributed by atoms with van der Waals surface area (Å²) >= 11 is 1.18. The molecule has 98 valence electrons. The number of rotatable bonds is 3. The Labute approximate surface area is 112 Å². The maximum absolute atomic E-state index is 11.9. The monoisotopic (exact) mass is 277 g/mol. The molecule has 0 atom stereocenters. The standard InChI is InChI=1S/C12H11N3O3S/c1-6-4-7(11(17)18)2-3-8(6)14-10(16)9-5-19-12(13)15-9/h2-5H,1H3,(H2,13,15)(H,14,16)(H,17,18). The predicted octanol–water partition coefficient (Wildman–Crippen LogP) is 1.98. The van der Waals surface area contributed by atoms with Crippen molar-refractivity contribution in [2.45, 2.75) is 6.92 Å². The highest BCUT2D eigenvalue weighted by molar-refractivity contribution is 7.13. The fourth-order valence-electron chi connectivity index (χ4n) is 1.52. The van der Waals surface area contributed by atoms with Crippen LogP contribution in [0.1, 0.15) is 26.4 Å². The van der Waals surface area contributed by atoms with Gasteiger partial charge in [0, 0.05) is 11.1 Å². The summed E-state index contributed by atoms with van der Waals surface area (Å²) in [5.74, 6) is -1.38. The van der Waals surface area contributed by atoms with E-state index < -0.39 is 5.97 Å². The van der Waals surface area contributed by atoms with Gasteiger partial charge in [-0.25, -0.2) is 9.78 Å². The first-order valence-electron chi connectivity index (χ1n) is 5.33. The van der Waals surface area contributed by atoms with Gasteiger partial charge in [-0.05, 0) is 30.7 Å². The lowest BCUT2D eigenvalue weighted by Crippen LogP contribution is -2.13. The molecule has 0 saturated heterocycles. The number of nitrogen functional groups attached to an aromatic ring is 1. The molecule has 6 nitrogen and oxygen atoms in total. The van der Waals surface area contributed by atoms with Gasteiger partial charge in [0.05, 0.1) is 5.56 Å². The van der Waals surface area contributed by atoms with E-state index in [9.17, 15) is 9.59 Å². The van der Waals surface area contributed by atoms with Crippen molar-refractivity contribution in [2.75, 3.05) is 11.1 Å². The molecule has 7 heteroatoms. The predicted molar refractivity (Wildman–Crippen MR) is 72.6 cm³/mol. The van der Waals surface area contributed by atoms with E-state index in [0.717, 1.165) is 0 Å². The molecule has 1 aromatic heterocycles. The molecule has 0 unspecified atom stereocenters. The third kappa shape index (κ3) is 2.89. The highest BCUT2D eigenvalue weighted by Crippen LogP contribution is 2.18. The topological polar surface area (TPSA) is 105 Å². The number of carbonyl (C=O) groups is 2. The van der Waals surface area contributed by atoms with Crippen molar-refractivity contribution >= 4 is 34.0 Å². The number of carbonyl (C=O) groups excluding carboxylic acids is 1. The summed E-state index contributed by atoms with van der Waals surface area (Å²) in [7, 11) is 0. The number of nitrogens with zero attached hydrogens (tertiary/aromatic N) is 1. The van der Waals surface area contributed by atoms with Crippen LogP contribution in [0.15, 0.2) is 23.6 Å². The largest absolute Gasteiger partial charge is 0.478 e. The second-order valence-electron chi connectivity index (χ2n) is 3.86. The highest BCUT2D eigenvalue weighted by Gasteiger charge is 2.12. The van der Waals surface area contributed by atoms with Crippen molar-refractivity contribution in [1.82, 2.24) is 4.98 Å². The van der Waals surface area contributed by atoms with Crippen molar-refractivity contribution in [2.24, 2.45) is 0 Å². The van der Waals surface area contributed by atoms with Crippen LogP contribution in [-0.2, 0) is 0 Å². The van der Waals surface area contributed by atoms with Gasteiger partial charge in [0.2, 0.25) is 0 Å². The number of carboxylic acid groups (broad SMARTS) is 1. The Hall–Kier alpha value is -2.41. The summed E-state index contributed by atoms with van der Waals surface area (Å²) in [4.78, 5) is 26.5. The van der Waals surface area contributed by atoms with E-state index in [1.54, 1.807) is 18.4 Å². The summed E-state index contributed by atoms with van der Waals surface area (Å²) in [6.07, 6.45) is 0. The van der Waals surface area contributed by atoms with Crippen LogP contribution in [0.5, 0.6) is 0 Å². The summed E-state index contributed by atoms with van der Waals surface area (Å²) < 4.78 is 0. The molecule has 0 aliphatic carbocycles. The highest BCUT2D eigenvalue weighted by atomic mass is 32.1. The number of aryl methyl sites for hydroxylation is 1. The Bertz CT molecular complexity index is 651. The van der Waals surface area contributed by atoms with E-state index in [0.29, 0.717) is 16.4 Å². The van der Waals surface area contributed by atoms with Crippen LogP contribution >= 0.6 is 11.3 Å². The number of aromatic carboxylic acids is 1. The first kappa shape index (κ1) is 13.0. The van der Waals surface area contributed by atoms with Crippen LogP contribution in [0.25, 0.3) is 0 Å². The molecule has 0 saturated carbocycles. The van der Waals surface area contributed by atoms with E-state index in [4.69, 9.17) is 10.8 Å². The normalized spacial score (nSPS) is 10.2. The minimum Gasteiger partial charge on any atom is -0.478 e. The number of carboxylic acids is 1. The molecule has 0 spiro atoms. The average molecular weight is 277 g/mol. The smallest absolute Gasteiger partial charge is 0.335 e. The third-order valence-electron chi connectivity index (χ3n) is 2.48. The molecular weight excluding hydrogens is 266 g/mol. The number of hydrogen-bond acceptors (Lipinski definition) is 5. The van der Waals surface area contributed by atoms with Gasteiger partial charge in [-0.2, -0.15) is 0 Å². The number of nitrogens with two attached hydrogens (primary N) is 1. The van der Waals surface area contributed by atoms with Gasteiger partial charge in [0.25, 0.3) is 5.91 Å². The minimum atomic E-state index is -1.01. The molecule has 2 aromatic rings. The SMILES string of the molecule is Cc1cc(C(=O)O)ccc1NC(=O)c1csc(N)n1. The quantitative estimate of drug-likeness (QED) is 0.795. The first-order chi connectivity index (χ1) is 8.97. The molecule has 19 heavy (non-hydrogen) atoms. The number of thiazole rings is 1. The van der Waals surface area contributed by atoms with Gasteiger partial charge >= 0.3 is 5.97 Å². The van der Waals surface area contributed by atoms with Crippen molar-refractivity contribution < 1.29 is 14.7 Å². The van der Waals surface area contributed by atoms with E-state index in [1.807, 2.05) is 0 Å². The lowest BCUT2D eigenvalue weighted by molar-refractivity contribution is 0.0696. The first-order valence-corrected chi connectivity index (χ1v) is 6.21. The van der Waals surface area contributed by atoms with E-state index in [-0.39, 0.29) is 17.2 Å². The van der Waals surface area contributed by atoms with Crippen LogP contribution in [0.4, 0.5) is 10.8 Å². The van der Waals surface area contributed by atoms with Gasteiger partial charge in [-0.1, -0.05) is 0 Å². The zero-order valence-electron chi connectivity index (χ0n) is 10.0. The molecule has 4 N–H and O–H groups in total. The second-order valence-corrected chi connectivity index (χ2v) is 4.75. The lowest BCUT2D eigenvalue weighted by Gasteiger charge is -2.07. The Balaban J connectivity index is 2.20. The van der Waals surface area contributed by atoms with Gasteiger partial charge < -0.3 is 16.2 Å². The van der Waals surface area contributed by atoms with Crippen LogP contribution in [0.2, 0.25) is 0 Å². The number of aromatic nitrogens is 1. The lowest BCUT2D eigenvalue weighted by atomic mass is 10.1. The molecule has 0 aliphatic rings. The Morgan fingerprint density at radius 2 is 2.16 bits per heavy atom. The number of nitrogens with one attached hydrogen (secondary N) is 1. The molecular formula is C12H11N3O3S. The second kappa shape index (κ2) is 5.07. The maximum atomic E-state index is 11.9. The molecule has 1 heterocycles. The van der Waals surface area contributed by atoms with Crippen molar-refractivity contribution in [3.05, 3.63) is 40.4 Å².